The first-order chi connectivity index (χ1) is 6.60. The Morgan fingerprint density at radius 2 is 2.29 bits per heavy atom. The second-order valence-electron chi connectivity index (χ2n) is 2.48. The number of carbonyl (C=O) groups excluding carboxylic acids is 1. The van der Waals surface area contributed by atoms with E-state index in [0.717, 1.165) is 6.07 Å². The molecule has 0 atom stereocenters. The summed E-state index contributed by atoms with van der Waals surface area (Å²) in [6.45, 7) is 0. The number of ether oxygens (including phenoxy) is 1. The van der Waals surface area contributed by atoms with Crippen LogP contribution in [-0.4, -0.2) is 13.0 Å². The minimum atomic E-state index is -0.633. The van der Waals surface area contributed by atoms with Crippen molar-refractivity contribution in [2.45, 2.75) is 4.90 Å². The molecule has 6 heteroatoms. The number of halogens is 1. The summed E-state index contributed by atoms with van der Waals surface area (Å²) in [6, 6.07) is 2.39. The smallest absolute Gasteiger partial charge is 0.265 e. The van der Waals surface area contributed by atoms with E-state index in [4.69, 9.17) is 10.6 Å². The Morgan fingerprint density at radius 3 is 2.79 bits per heavy atom. The molecule has 76 valence electrons. The van der Waals surface area contributed by atoms with Crippen LogP contribution >= 0.6 is 12.6 Å². The molecule has 0 aliphatic heterocycles. The third-order valence-corrected chi connectivity index (χ3v) is 2.08. The van der Waals surface area contributed by atoms with Crippen LogP contribution in [0, 0.1) is 5.82 Å². The Morgan fingerprint density at radius 1 is 1.64 bits per heavy atom. The lowest BCUT2D eigenvalue weighted by atomic mass is 10.2. The van der Waals surface area contributed by atoms with Crippen molar-refractivity contribution in [2.24, 2.45) is 5.84 Å². The zero-order valence-corrected chi connectivity index (χ0v) is 8.27. The molecule has 4 nitrogen and oxygen atoms in total. The van der Waals surface area contributed by atoms with E-state index in [2.05, 4.69) is 12.6 Å². The molecule has 0 saturated heterocycles. The second-order valence-corrected chi connectivity index (χ2v) is 2.93. The lowest BCUT2D eigenvalue weighted by Gasteiger charge is -2.07. The van der Waals surface area contributed by atoms with Gasteiger partial charge in [0.25, 0.3) is 5.91 Å². The van der Waals surface area contributed by atoms with Gasteiger partial charge in [-0.2, -0.15) is 0 Å². The van der Waals surface area contributed by atoms with E-state index >= 15 is 0 Å². The van der Waals surface area contributed by atoms with Gasteiger partial charge in [0.1, 0.15) is 11.6 Å². The first-order valence-corrected chi connectivity index (χ1v) is 4.12. The fraction of sp³-hybridized carbons (Fsp3) is 0.125. The Labute approximate surface area is 85.6 Å². The number of nitrogens with two attached hydrogens (primary N) is 1. The number of carbonyl (C=O) groups is 1. The molecule has 0 aromatic heterocycles. The fourth-order valence-corrected chi connectivity index (χ4v) is 1.16. The quantitative estimate of drug-likeness (QED) is 0.295. The molecule has 0 aliphatic carbocycles. The van der Waals surface area contributed by atoms with Gasteiger partial charge in [-0.15, -0.1) is 12.6 Å². The van der Waals surface area contributed by atoms with Crippen LogP contribution < -0.4 is 16.0 Å². The summed E-state index contributed by atoms with van der Waals surface area (Å²) in [5.74, 6) is 3.87. The predicted molar refractivity (Wildman–Crippen MR) is 51.9 cm³/mol. The van der Waals surface area contributed by atoms with E-state index in [0.29, 0.717) is 0 Å². The lowest BCUT2D eigenvalue weighted by molar-refractivity contribution is 0.0952. The van der Waals surface area contributed by atoms with Crippen LogP contribution in [0.1, 0.15) is 10.4 Å². The van der Waals surface area contributed by atoms with Gasteiger partial charge in [-0.25, -0.2) is 10.2 Å². The highest BCUT2D eigenvalue weighted by Gasteiger charge is 2.12. The number of nitrogen functional groups attached to an aromatic ring is 1. The summed E-state index contributed by atoms with van der Waals surface area (Å²) in [4.78, 5) is 11.1. The maximum Gasteiger partial charge on any atom is 0.265 e. The van der Waals surface area contributed by atoms with Crippen LogP contribution in [0.2, 0.25) is 0 Å². The van der Waals surface area contributed by atoms with E-state index in [-0.39, 0.29) is 16.2 Å². The molecule has 1 aromatic rings. The number of amides is 1. The van der Waals surface area contributed by atoms with Crippen LogP contribution in [0.4, 0.5) is 4.39 Å². The number of hydrazine groups is 1. The number of hydrogen-bond acceptors (Lipinski definition) is 4. The third kappa shape index (κ3) is 1.97. The molecule has 0 saturated carbocycles. The molecule has 1 amide bonds. The molecule has 0 radical (unpaired) electrons. The SMILES string of the molecule is COc1cc(C(=O)NN)cc(F)c1S. The molecule has 0 fully saturated rings. The van der Waals surface area contributed by atoms with Gasteiger partial charge in [0, 0.05) is 5.56 Å². The number of benzene rings is 1. The molecule has 0 aliphatic rings. The molecule has 0 heterocycles. The van der Waals surface area contributed by atoms with E-state index in [1.165, 1.54) is 13.2 Å². The van der Waals surface area contributed by atoms with Crippen molar-refractivity contribution in [2.75, 3.05) is 7.11 Å². The van der Waals surface area contributed by atoms with E-state index in [1.54, 1.807) is 0 Å². The molecular weight excluding hydrogens is 207 g/mol. The standard InChI is InChI=1S/C8H9FN2O2S/c1-13-6-3-4(8(12)11-10)2-5(9)7(6)14/h2-3,14H,10H2,1H3,(H,11,12). The van der Waals surface area contributed by atoms with Gasteiger partial charge in [0.2, 0.25) is 0 Å². The number of methoxy groups -OCH3 is 1. The summed E-state index contributed by atoms with van der Waals surface area (Å²) < 4.78 is 18.0. The summed E-state index contributed by atoms with van der Waals surface area (Å²) >= 11 is 3.87. The first kappa shape index (κ1) is 10.8. The van der Waals surface area contributed by atoms with Crippen LogP contribution in [0.3, 0.4) is 0 Å². The molecule has 1 rings (SSSR count). The Kier molecular flexibility index (Phi) is 3.32. The molecule has 1 aromatic carbocycles. The number of hydrogen-bond donors (Lipinski definition) is 3. The van der Waals surface area contributed by atoms with Crippen LogP contribution in [0.15, 0.2) is 17.0 Å². The minimum absolute atomic E-state index is 0.0565. The topological polar surface area (TPSA) is 64.3 Å². The average molecular weight is 216 g/mol. The van der Waals surface area contributed by atoms with Crippen molar-refractivity contribution in [3.05, 3.63) is 23.5 Å². The van der Waals surface area contributed by atoms with Gasteiger partial charge >= 0.3 is 0 Å². The summed E-state index contributed by atoms with van der Waals surface area (Å²) in [6.07, 6.45) is 0. The highest BCUT2D eigenvalue weighted by molar-refractivity contribution is 7.80. The molecule has 0 bridgehead atoms. The van der Waals surface area contributed by atoms with Gasteiger partial charge < -0.3 is 4.74 Å². The van der Waals surface area contributed by atoms with E-state index in [1.807, 2.05) is 5.43 Å². The van der Waals surface area contributed by atoms with E-state index < -0.39 is 11.7 Å². The normalized spacial score (nSPS) is 9.71. The van der Waals surface area contributed by atoms with Crippen molar-refractivity contribution in [3.63, 3.8) is 0 Å². The molecule has 0 spiro atoms. The maximum atomic E-state index is 13.1. The van der Waals surface area contributed by atoms with Gasteiger partial charge in [-0.05, 0) is 12.1 Å². The summed E-state index contributed by atoms with van der Waals surface area (Å²) in [7, 11) is 1.36. The summed E-state index contributed by atoms with van der Waals surface area (Å²) in [5.41, 5.74) is 1.98. The fourth-order valence-electron chi connectivity index (χ4n) is 0.944. The van der Waals surface area contributed by atoms with Gasteiger partial charge in [0.15, 0.2) is 0 Å². The average Bonchev–Trinajstić information content (AvgIpc) is 2.20. The zero-order valence-electron chi connectivity index (χ0n) is 7.37. The van der Waals surface area contributed by atoms with Crippen LogP contribution in [0.5, 0.6) is 5.75 Å². The monoisotopic (exact) mass is 216 g/mol. The van der Waals surface area contributed by atoms with Gasteiger partial charge in [-0.3, -0.25) is 10.2 Å². The van der Waals surface area contributed by atoms with Crippen molar-refractivity contribution < 1.29 is 13.9 Å². The van der Waals surface area contributed by atoms with Crippen molar-refractivity contribution >= 4 is 18.5 Å². The minimum Gasteiger partial charge on any atom is -0.495 e. The lowest BCUT2D eigenvalue weighted by Crippen LogP contribution is -2.30. The molecular formula is C8H9FN2O2S. The zero-order chi connectivity index (χ0) is 10.7. The van der Waals surface area contributed by atoms with E-state index in [9.17, 15) is 9.18 Å². The number of nitrogens with one attached hydrogen (secondary N) is 1. The van der Waals surface area contributed by atoms with Gasteiger partial charge in [0.05, 0.1) is 12.0 Å². The predicted octanol–water partition coefficient (Wildman–Crippen LogP) is 0.727. The number of rotatable bonds is 2. The van der Waals surface area contributed by atoms with Crippen molar-refractivity contribution in [1.29, 1.82) is 0 Å². The van der Waals surface area contributed by atoms with Crippen molar-refractivity contribution in [3.8, 4) is 5.75 Å². The Bertz CT molecular complexity index is 371. The first-order valence-electron chi connectivity index (χ1n) is 3.67. The molecule has 0 unspecified atom stereocenters. The van der Waals surface area contributed by atoms with Crippen LogP contribution in [-0.2, 0) is 0 Å². The van der Waals surface area contributed by atoms with Crippen LogP contribution in [0.25, 0.3) is 0 Å². The van der Waals surface area contributed by atoms with Gasteiger partial charge in [-0.1, -0.05) is 0 Å². The maximum absolute atomic E-state index is 13.1. The van der Waals surface area contributed by atoms with Crippen molar-refractivity contribution in [1.82, 2.24) is 5.43 Å². The largest absolute Gasteiger partial charge is 0.495 e. The highest BCUT2D eigenvalue weighted by atomic mass is 32.1. The molecule has 14 heavy (non-hydrogen) atoms. The third-order valence-electron chi connectivity index (χ3n) is 1.64. The Balaban J connectivity index is 3.22. The number of thiol groups is 1. The molecule has 3 N–H and O–H groups in total. The summed E-state index contributed by atoms with van der Waals surface area (Å²) in [5, 5.41) is 0. The Hall–Kier alpha value is -1.27. The highest BCUT2D eigenvalue weighted by Crippen LogP contribution is 2.26. The second kappa shape index (κ2) is 4.30.